The number of hydrogen-bond donors (Lipinski definition) is 1. The molecule has 0 saturated heterocycles. The number of ether oxygens (including phenoxy) is 2. The van der Waals surface area contributed by atoms with Crippen molar-refractivity contribution in [3.05, 3.63) is 76.3 Å². The number of rotatable bonds is 5. The summed E-state index contributed by atoms with van der Waals surface area (Å²) in [6, 6.07) is 9.08. The number of carboxylic acids is 1. The molecule has 12 nitrogen and oxygen atoms in total. The maximum Gasteiger partial charge on any atom is 0.338 e. The van der Waals surface area contributed by atoms with E-state index in [-0.39, 0.29) is 23.9 Å². The first-order valence-corrected chi connectivity index (χ1v) is 22.5. The van der Waals surface area contributed by atoms with Gasteiger partial charge in [0, 0.05) is 18.6 Å². The smallest absolute Gasteiger partial charge is 0.338 e. The highest BCUT2D eigenvalue weighted by atomic mass is 79.9. The van der Waals surface area contributed by atoms with Crippen LogP contribution in [0, 0.1) is 0 Å². The predicted molar refractivity (Wildman–Crippen MR) is 203 cm³/mol. The molecule has 3 rings (SSSR count). The lowest BCUT2D eigenvalue weighted by Crippen LogP contribution is -2.24. The number of pyridine rings is 3. The van der Waals surface area contributed by atoms with E-state index < -0.39 is 45.2 Å². The maximum atomic E-state index is 11.9. The molecule has 0 unspecified atom stereocenters. The third kappa shape index (κ3) is 22.5. The first-order chi connectivity index (χ1) is 21.6. The molecule has 0 bridgehead atoms. The average Bonchev–Trinajstić information content (AvgIpc) is 2.91. The van der Waals surface area contributed by atoms with Gasteiger partial charge in [0.05, 0.1) is 16.7 Å². The molecule has 0 aliphatic carbocycles. The van der Waals surface area contributed by atoms with E-state index >= 15 is 0 Å². The Morgan fingerprint density at radius 1 is 0.694 bits per heavy atom. The zero-order valence-electron chi connectivity index (χ0n) is 29.9. The first kappa shape index (κ1) is 48.3. The van der Waals surface area contributed by atoms with Crippen LogP contribution in [0.25, 0.3) is 0 Å². The van der Waals surface area contributed by atoms with Gasteiger partial charge in [-0.3, -0.25) is 9.97 Å². The molecule has 17 heteroatoms. The Morgan fingerprint density at radius 3 is 1.31 bits per heavy atom. The molecule has 0 spiro atoms. The monoisotopic (exact) mass is 824 g/mol. The first-order valence-electron chi connectivity index (χ1n) is 14.3. The van der Waals surface area contributed by atoms with Gasteiger partial charge in [-0.1, -0.05) is 4.57 Å². The molecule has 3 aromatic rings. The predicted octanol–water partition coefficient (Wildman–Crippen LogP) is 7.61. The van der Waals surface area contributed by atoms with Crippen LogP contribution in [0.1, 0.15) is 72.6 Å². The van der Waals surface area contributed by atoms with Crippen LogP contribution in [0.15, 0.2) is 59.6 Å². The molecule has 0 aliphatic heterocycles. The molecular weight excluding hydrogens is 779 g/mol. The minimum atomic E-state index is -2.46. The molecule has 0 fully saturated rings. The average molecular weight is 826 g/mol. The fraction of sp³-hybridized carbons (Fsp3) is 0.438. The molecule has 272 valence electrons. The Bertz CT molecular complexity index is 1680. The minimum absolute atomic E-state index is 0. The standard InChI is InChI=1S/C12H18NO3P.C10H12BrNO2.C8H10NO3P.C2H6OP.ClH/c1-12(2,3)16-11(14)9-6-7-13-10(8-9)17(4,5)15;1-10(2,3)14-9(13)7-4-5-12-8(11)6-7;1-13(2,12)7-5-6(8(10)11)3-4-9-7;1-4(2)3;/h6-8H,1-5H3;4-6H,1-3H3;3-5H,1-2H3,(H,10,11);1-2H3;1H/q;;;+1;. The second kappa shape index (κ2) is 20.8. The summed E-state index contributed by atoms with van der Waals surface area (Å²) in [5, 5.41) is 8.66. The van der Waals surface area contributed by atoms with Gasteiger partial charge in [0.2, 0.25) is 0 Å². The van der Waals surface area contributed by atoms with Gasteiger partial charge in [0.15, 0.2) is 0 Å². The Morgan fingerprint density at radius 2 is 1.00 bits per heavy atom. The van der Waals surface area contributed by atoms with Crippen LogP contribution >= 0.6 is 50.4 Å². The molecule has 49 heavy (non-hydrogen) atoms. The zero-order chi connectivity index (χ0) is 37.7. The minimum Gasteiger partial charge on any atom is -0.478 e. The number of esters is 2. The van der Waals surface area contributed by atoms with Crippen molar-refractivity contribution in [2.45, 2.75) is 52.7 Å². The van der Waals surface area contributed by atoms with Crippen molar-refractivity contribution in [2.24, 2.45) is 0 Å². The van der Waals surface area contributed by atoms with E-state index in [1.807, 2.05) is 20.8 Å². The van der Waals surface area contributed by atoms with E-state index in [1.165, 1.54) is 30.6 Å². The van der Waals surface area contributed by atoms with Crippen LogP contribution in [0.2, 0.25) is 0 Å². The van der Waals surface area contributed by atoms with Crippen molar-refractivity contribution < 1.29 is 42.7 Å². The highest BCUT2D eigenvalue weighted by Gasteiger charge is 2.21. The molecule has 0 radical (unpaired) electrons. The maximum absolute atomic E-state index is 11.9. The summed E-state index contributed by atoms with van der Waals surface area (Å²) in [5.41, 5.74) is 0.799. The highest BCUT2D eigenvalue weighted by Crippen LogP contribution is 2.34. The highest BCUT2D eigenvalue weighted by molar-refractivity contribution is 9.10. The van der Waals surface area contributed by atoms with Gasteiger partial charge in [0.25, 0.3) is 0 Å². The lowest BCUT2D eigenvalue weighted by atomic mass is 10.2. The molecule has 0 atom stereocenters. The summed E-state index contributed by atoms with van der Waals surface area (Å²) in [6.07, 6.45) is 4.40. The number of hydrogen-bond acceptors (Lipinski definition) is 11. The molecule has 0 saturated carbocycles. The summed E-state index contributed by atoms with van der Waals surface area (Å²) in [4.78, 5) is 45.7. The van der Waals surface area contributed by atoms with Gasteiger partial charge >= 0.3 is 25.7 Å². The second-order valence-electron chi connectivity index (χ2n) is 13.0. The van der Waals surface area contributed by atoms with Gasteiger partial charge in [0.1, 0.15) is 54.3 Å². The summed E-state index contributed by atoms with van der Waals surface area (Å²) < 4.78 is 44.0. The number of carbonyl (C=O) groups is 3. The second-order valence-corrected chi connectivity index (χ2v) is 21.8. The van der Waals surface area contributed by atoms with Crippen molar-refractivity contribution in [3.63, 3.8) is 0 Å². The normalized spacial score (nSPS) is 11.0. The van der Waals surface area contributed by atoms with Gasteiger partial charge in [-0.15, -0.1) is 12.4 Å². The van der Waals surface area contributed by atoms with Gasteiger partial charge < -0.3 is 23.7 Å². The summed E-state index contributed by atoms with van der Waals surface area (Å²) in [5.74, 6) is -1.78. The van der Waals surface area contributed by atoms with Crippen molar-refractivity contribution in [3.8, 4) is 0 Å². The number of carbonyl (C=O) groups excluding carboxylic acids is 2. The Kier molecular flexibility index (Phi) is 20.5. The van der Waals surface area contributed by atoms with Gasteiger partial charge in [-0.05, 0) is 121 Å². The van der Waals surface area contributed by atoms with Crippen molar-refractivity contribution in [2.75, 3.05) is 40.0 Å². The van der Waals surface area contributed by atoms with E-state index in [2.05, 4.69) is 30.9 Å². The Labute approximate surface area is 304 Å². The van der Waals surface area contributed by atoms with E-state index in [9.17, 15) is 28.1 Å². The number of aromatic nitrogens is 3. The van der Waals surface area contributed by atoms with Crippen LogP contribution in [0.3, 0.4) is 0 Å². The lowest BCUT2D eigenvalue weighted by Gasteiger charge is -2.19. The van der Waals surface area contributed by atoms with Crippen molar-refractivity contribution in [1.82, 2.24) is 15.0 Å². The SMILES string of the molecule is CC(C)(C)OC(=O)c1ccnc(Br)c1.CC(C)(C)OC(=O)c1ccnc(P(C)(C)=O)c1.CP(C)(=O)c1cc(C(=O)O)ccn1.C[P+](C)=O.Cl. The quantitative estimate of drug-likeness (QED) is 0.151. The molecule has 1 N–H and O–H groups in total. The van der Waals surface area contributed by atoms with E-state index in [1.54, 1.807) is 85.2 Å². The number of carboxylic acid groups (broad SMARTS) is 1. The summed E-state index contributed by atoms with van der Waals surface area (Å²) in [7, 11) is -5.78. The number of nitrogens with zero attached hydrogens (tertiary/aromatic N) is 3. The fourth-order valence-electron chi connectivity index (χ4n) is 2.89. The van der Waals surface area contributed by atoms with Crippen LogP contribution < -0.4 is 10.9 Å². The van der Waals surface area contributed by atoms with Crippen molar-refractivity contribution in [1.29, 1.82) is 0 Å². The fourth-order valence-corrected chi connectivity index (χ4v) is 4.84. The molecule has 0 aromatic carbocycles. The third-order valence-corrected chi connectivity index (χ3v) is 7.97. The number of aromatic carboxylic acids is 1. The van der Waals surface area contributed by atoms with E-state index in [0.29, 0.717) is 26.6 Å². The largest absolute Gasteiger partial charge is 0.478 e. The van der Waals surface area contributed by atoms with Gasteiger partial charge in [-0.2, -0.15) is 0 Å². The van der Waals surface area contributed by atoms with Gasteiger partial charge in [-0.25, -0.2) is 19.4 Å². The van der Waals surface area contributed by atoms with Crippen LogP contribution in [0.4, 0.5) is 0 Å². The van der Waals surface area contributed by atoms with Crippen LogP contribution in [0.5, 0.6) is 0 Å². The zero-order valence-corrected chi connectivity index (χ0v) is 35.0. The van der Waals surface area contributed by atoms with Crippen LogP contribution in [-0.2, 0) is 23.2 Å². The Hall–Kier alpha value is -2.81. The van der Waals surface area contributed by atoms with Crippen LogP contribution in [-0.4, -0.2) is 89.2 Å². The molecule has 3 heterocycles. The summed E-state index contributed by atoms with van der Waals surface area (Å²) >= 11 is 3.19. The van der Waals surface area contributed by atoms with E-state index in [4.69, 9.17) is 14.6 Å². The molecular formula is C32H47BrClN3O9P3+. The molecule has 3 aromatic heterocycles. The van der Waals surface area contributed by atoms with E-state index in [0.717, 1.165) is 0 Å². The molecule has 0 aliphatic rings. The lowest BCUT2D eigenvalue weighted by molar-refractivity contribution is 0.00569. The topological polar surface area (TPSA) is 180 Å². The molecule has 0 amide bonds. The summed E-state index contributed by atoms with van der Waals surface area (Å²) in [6.45, 7) is 20.6. The number of halogens is 2. The third-order valence-electron chi connectivity index (χ3n) is 4.84. The Balaban J connectivity index is 0. The van der Waals surface area contributed by atoms with Crippen molar-refractivity contribution >= 4 is 79.2 Å².